The summed E-state index contributed by atoms with van der Waals surface area (Å²) < 4.78 is 10.7. The van der Waals surface area contributed by atoms with Crippen molar-refractivity contribution in [3.63, 3.8) is 0 Å². The third-order valence-corrected chi connectivity index (χ3v) is 7.01. The Morgan fingerprint density at radius 1 is 1.11 bits per heavy atom. The molecule has 1 fully saturated rings. The predicted octanol–water partition coefficient (Wildman–Crippen LogP) is 3.70. The van der Waals surface area contributed by atoms with Gasteiger partial charge in [0.25, 0.3) is 5.56 Å². The van der Waals surface area contributed by atoms with E-state index in [1.165, 1.54) is 5.56 Å². The average molecular weight is 509 g/mol. The lowest BCUT2D eigenvalue weighted by atomic mass is 10.1. The summed E-state index contributed by atoms with van der Waals surface area (Å²) in [6.07, 6.45) is 1.94. The summed E-state index contributed by atoms with van der Waals surface area (Å²) in [7, 11) is 1.66. The molecule has 3 aromatic rings. The SMILES string of the molecule is CCc1ccc2[nH]c(=O)c(CN(Cc3ccc(OC)cc3)C(=S)NCCCN3CCOCC3)cc2c1. The summed E-state index contributed by atoms with van der Waals surface area (Å²) >= 11 is 5.82. The van der Waals surface area contributed by atoms with Gasteiger partial charge in [-0.3, -0.25) is 9.69 Å². The Balaban J connectivity index is 1.48. The molecule has 8 heteroatoms. The number of nitrogens with zero attached hydrogens (tertiary/aromatic N) is 2. The Morgan fingerprint density at radius 3 is 2.58 bits per heavy atom. The molecule has 1 aliphatic heterocycles. The maximum Gasteiger partial charge on any atom is 0.253 e. The Kier molecular flexibility index (Phi) is 9.33. The van der Waals surface area contributed by atoms with Gasteiger partial charge in [0.05, 0.1) is 26.9 Å². The lowest BCUT2D eigenvalue weighted by Crippen LogP contribution is -2.42. The first-order valence-corrected chi connectivity index (χ1v) is 13.1. The molecule has 0 saturated carbocycles. The fourth-order valence-corrected chi connectivity index (χ4v) is 4.66. The van der Waals surface area contributed by atoms with Gasteiger partial charge >= 0.3 is 0 Å². The molecule has 192 valence electrons. The highest BCUT2D eigenvalue weighted by molar-refractivity contribution is 7.80. The fourth-order valence-electron chi connectivity index (χ4n) is 4.43. The van der Waals surface area contributed by atoms with Crippen LogP contribution in [0.4, 0.5) is 0 Å². The van der Waals surface area contributed by atoms with Gasteiger partial charge in [-0.25, -0.2) is 0 Å². The highest BCUT2D eigenvalue weighted by atomic mass is 32.1. The number of ether oxygens (including phenoxy) is 2. The smallest absolute Gasteiger partial charge is 0.253 e. The van der Waals surface area contributed by atoms with Crippen LogP contribution in [0.3, 0.4) is 0 Å². The van der Waals surface area contributed by atoms with Crippen molar-refractivity contribution < 1.29 is 9.47 Å². The minimum Gasteiger partial charge on any atom is -0.497 e. The molecule has 1 aromatic heterocycles. The number of pyridine rings is 1. The van der Waals surface area contributed by atoms with E-state index in [0.717, 1.165) is 74.5 Å². The lowest BCUT2D eigenvalue weighted by Gasteiger charge is -2.28. The maximum absolute atomic E-state index is 12.9. The first-order chi connectivity index (χ1) is 17.6. The van der Waals surface area contributed by atoms with Crippen LogP contribution in [-0.2, 0) is 24.2 Å². The summed E-state index contributed by atoms with van der Waals surface area (Å²) in [4.78, 5) is 20.5. The second-order valence-electron chi connectivity index (χ2n) is 9.14. The Bertz CT molecular complexity index is 1210. The Hall–Kier alpha value is -2.94. The van der Waals surface area contributed by atoms with E-state index in [0.29, 0.717) is 23.8 Å². The van der Waals surface area contributed by atoms with Gasteiger partial charge in [0, 0.05) is 37.3 Å². The summed E-state index contributed by atoms with van der Waals surface area (Å²) in [5.74, 6) is 0.812. The molecular formula is C28H36N4O3S. The van der Waals surface area contributed by atoms with E-state index in [4.69, 9.17) is 21.7 Å². The van der Waals surface area contributed by atoms with Crippen molar-refractivity contribution in [1.82, 2.24) is 20.1 Å². The van der Waals surface area contributed by atoms with Crippen LogP contribution in [0.15, 0.2) is 53.3 Å². The van der Waals surface area contributed by atoms with Crippen LogP contribution in [0.5, 0.6) is 5.75 Å². The number of nitrogens with one attached hydrogen (secondary N) is 2. The van der Waals surface area contributed by atoms with Crippen LogP contribution < -0.4 is 15.6 Å². The van der Waals surface area contributed by atoms with Crippen molar-refractivity contribution in [2.24, 2.45) is 0 Å². The maximum atomic E-state index is 12.9. The Morgan fingerprint density at radius 2 is 1.86 bits per heavy atom. The van der Waals surface area contributed by atoms with E-state index in [2.05, 4.69) is 39.2 Å². The van der Waals surface area contributed by atoms with Gasteiger partial charge < -0.3 is 24.7 Å². The largest absolute Gasteiger partial charge is 0.497 e. The van der Waals surface area contributed by atoms with Crippen LogP contribution in [-0.4, -0.2) is 66.4 Å². The molecular weight excluding hydrogens is 472 g/mol. The number of benzene rings is 2. The number of methoxy groups -OCH3 is 1. The van der Waals surface area contributed by atoms with Crippen LogP contribution >= 0.6 is 12.2 Å². The van der Waals surface area contributed by atoms with Gasteiger partial charge in [0.1, 0.15) is 5.75 Å². The van der Waals surface area contributed by atoms with E-state index in [1.54, 1.807) is 7.11 Å². The molecule has 7 nitrogen and oxygen atoms in total. The number of fused-ring (bicyclic) bond motifs is 1. The van der Waals surface area contributed by atoms with Crippen molar-refractivity contribution in [3.05, 3.63) is 75.6 Å². The lowest BCUT2D eigenvalue weighted by molar-refractivity contribution is 0.0376. The molecule has 1 aliphatic rings. The highest BCUT2D eigenvalue weighted by Crippen LogP contribution is 2.17. The molecule has 2 N–H and O–H groups in total. The second kappa shape index (κ2) is 12.9. The summed E-state index contributed by atoms with van der Waals surface area (Å²) in [6, 6.07) is 16.1. The van der Waals surface area contributed by atoms with Crippen molar-refractivity contribution in [2.75, 3.05) is 46.5 Å². The molecule has 0 spiro atoms. The van der Waals surface area contributed by atoms with Crippen LogP contribution in [0.2, 0.25) is 0 Å². The normalized spacial score (nSPS) is 14.1. The molecule has 0 aliphatic carbocycles. The van der Waals surface area contributed by atoms with E-state index < -0.39 is 0 Å². The predicted molar refractivity (Wildman–Crippen MR) is 149 cm³/mol. The molecule has 2 heterocycles. The zero-order valence-corrected chi connectivity index (χ0v) is 22.0. The Labute approximate surface area is 218 Å². The van der Waals surface area contributed by atoms with Crippen LogP contribution in [0, 0.1) is 0 Å². The zero-order valence-electron chi connectivity index (χ0n) is 21.2. The molecule has 0 bridgehead atoms. The van der Waals surface area contributed by atoms with Gasteiger partial charge in [-0.15, -0.1) is 0 Å². The quantitative estimate of drug-likeness (QED) is 0.320. The fraction of sp³-hybridized carbons (Fsp3) is 0.429. The third kappa shape index (κ3) is 7.06. The van der Waals surface area contributed by atoms with Crippen molar-refractivity contribution in [1.29, 1.82) is 0 Å². The number of thiocarbonyl (C=S) groups is 1. The van der Waals surface area contributed by atoms with Gasteiger partial charge in [-0.2, -0.15) is 0 Å². The number of aromatic amines is 1. The molecule has 0 radical (unpaired) electrons. The molecule has 0 unspecified atom stereocenters. The third-order valence-electron chi connectivity index (χ3n) is 6.61. The van der Waals surface area contributed by atoms with Gasteiger partial charge in [0.15, 0.2) is 5.11 Å². The summed E-state index contributed by atoms with van der Waals surface area (Å²) in [6.45, 7) is 8.52. The molecule has 0 atom stereocenters. The van der Waals surface area contributed by atoms with Crippen LogP contribution in [0.25, 0.3) is 10.9 Å². The number of rotatable bonds is 10. The van der Waals surface area contributed by atoms with Gasteiger partial charge in [0.2, 0.25) is 0 Å². The first-order valence-electron chi connectivity index (χ1n) is 12.7. The summed E-state index contributed by atoms with van der Waals surface area (Å²) in [5, 5.41) is 5.11. The standard InChI is InChI=1S/C28H36N4O3S/c1-3-21-7-10-26-23(17-21)18-24(27(33)30-26)20-32(19-22-5-8-25(34-2)9-6-22)28(36)29-11-4-12-31-13-15-35-16-14-31/h5-10,17-18H,3-4,11-16,19-20H2,1-2H3,(H,29,36)(H,30,33). The molecule has 36 heavy (non-hydrogen) atoms. The van der Waals surface area contributed by atoms with Crippen molar-refractivity contribution in [3.8, 4) is 5.75 Å². The first kappa shape index (κ1) is 26.1. The zero-order chi connectivity index (χ0) is 25.3. The average Bonchev–Trinajstić information content (AvgIpc) is 2.91. The molecule has 0 amide bonds. The topological polar surface area (TPSA) is 69.8 Å². The minimum atomic E-state index is -0.0819. The second-order valence-corrected chi connectivity index (χ2v) is 9.53. The van der Waals surface area contributed by atoms with E-state index >= 15 is 0 Å². The van der Waals surface area contributed by atoms with Crippen LogP contribution in [0.1, 0.15) is 30.0 Å². The van der Waals surface area contributed by atoms with E-state index in [-0.39, 0.29) is 5.56 Å². The number of aromatic nitrogens is 1. The minimum absolute atomic E-state index is 0.0819. The number of aryl methyl sites for hydroxylation is 1. The van der Waals surface area contributed by atoms with Gasteiger partial charge in [-0.05, 0) is 78.4 Å². The molecule has 1 saturated heterocycles. The van der Waals surface area contributed by atoms with Crippen molar-refractivity contribution >= 4 is 28.2 Å². The van der Waals surface area contributed by atoms with Crippen molar-refractivity contribution in [2.45, 2.75) is 32.9 Å². The van der Waals surface area contributed by atoms with E-state index in [1.807, 2.05) is 36.4 Å². The molecule has 2 aromatic carbocycles. The summed E-state index contributed by atoms with van der Waals surface area (Å²) in [5.41, 5.74) is 3.81. The monoisotopic (exact) mass is 508 g/mol. The number of hydrogen-bond acceptors (Lipinski definition) is 5. The number of morpholine rings is 1. The van der Waals surface area contributed by atoms with E-state index in [9.17, 15) is 4.79 Å². The highest BCUT2D eigenvalue weighted by Gasteiger charge is 2.15. The molecule has 4 rings (SSSR count). The number of hydrogen-bond donors (Lipinski definition) is 2. The number of H-pyrrole nitrogens is 1. The van der Waals surface area contributed by atoms with Gasteiger partial charge in [-0.1, -0.05) is 25.1 Å².